The van der Waals surface area contributed by atoms with Crippen molar-refractivity contribution in [1.82, 2.24) is 4.90 Å². The molecule has 0 saturated heterocycles. The van der Waals surface area contributed by atoms with Crippen LogP contribution in [-0.4, -0.2) is 25.0 Å². The standard InChI is InChI=1S/C40H44F5N/c1-4-33-34-18-9-11-20-36(34)38(5-2,37-21-12-10-19-35(33)37)22-15-25-46(3)24-14-13-23-39(41,42)31-26-30(29-16-7-6-8-17-29)27-32(28-31)40(43,44)45/h6-12,16-21,26-28,33H,4-5,13-15,22-25H2,1-3H3. The van der Waals surface area contributed by atoms with E-state index in [2.05, 4.69) is 67.3 Å². The van der Waals surface area contributed by atoms with E-state index < -0.39 is 29.6 Å². The Morgan fingerprint density at radius 2 is 1.22 bits per heavy atom. The molecule has 0 atom stereocenters. The van der Waals surface area contributed by atoms with Crippen molar-refractivity contribution in [1.29, 1.82) is 0 Å². The van der Waals surface area contributed by atoms with Gasteiger partial charge in [-0.2, -0.15) is 13.2 Å². The van der Waals surface area contributed by atoms with Crippen LogP contribution in [0.15, 0.2) is 97.1 Å². The highest BCUT2D eigenvalue weighted by molar-refractivity contribution is 5.65. The summed E-state index contributed by atoms with van der Waals surface area (Å²) in [6.45, 7) is 6.02. The Kier molecular flexibility index (Phi) is 10.4. The molecule has 0 radical (unpaired) electrons. The molecular weight excluding hydrogens is 589 g/mol. The Morgan fingerprint density at radius 3 is 1.80 bits per heavy atom. The van der Waals surface area contributed by atoms with Crippen molar-refractivity contribution in [2.24, 2.45) is 0 Å². The lowest BCUT2D eigenvalue weighted by atomic mass is 9.60. The number of hydrogen-bond donors (Lipinski definition) is 0. The predicted molar refractivity (Wildman–Crippen MR) is 177 cm³/mol. The molecule has 0 saturated carbocycles. The van der Waals surface area contributed by atoms with Gasteiger partial charge in [-0.05, 0) is 110 Å². The zero-order valence-corrected chi connectivity index (χ0v) is 27.0. The lowest BCUT2D eigenvalue weighted by Gasteiger charge is -2.44. The molecule has 5 rings (SSSR count). The summed E-state index contributed by atoms with van der Waals surface area (Å²) in [6, 6.07) is 28.8. The molecule has 244 valence electrons. The first-order chi connectivity index (χ1) is 22.0. The molecule has 0 bridgehead atoms. The fourth-order valence-electron chi connectivity index (χ4n) is 7.49. The number of halogens is 5. The smallest absolute Gasteiger partial charge is 0.306 e. The van der Waals surface area contributed by atoms with Gasteiger partial charge >= 0.3 is 6.18 Å². The van der Waals surface area contributed by atoms with Crippen molar-refractivity contribution in [2.75, 3.05) is 20.1 Å². The third-order valence-electron chi connectivity index (χ3n) is 9.93. The highest BCUT2D eigenvalue weighted by Crippen LogP contribution is 2.52. The van der Waals surface area contributed by atoms with Crippen molar-refractivity contribution in [3.05, 3.63) is 130 Å². The van der Waals surface area contributed by atoms with Crippen LogP contribution in [0, 0.1) is 0 Å². The van der Waals surface area contributed by atoms with Gasteiger partial charge in [0, 0.05) is 23.3 Å². The highest BCUT2D eigenvalue weighted by Gasteiger charge is 2.41. The molecule has 46 heavy (non-hydrogen) atoms. The average Bonchev–Trinajstić information content (AvgIpc) is 3.06. The Hall–Kier alpha value is -3.51. The van der Waals surface area contributed by atoms with Gasteiger partial charge in [-0.25, -0.2) is 8.78 Å². The molecule has 0 fully saturated rings. The third-order valence-corrected chi connectivity index (χ3v) is 9.93. The topological polar surface area (TPSA) is 3.24 Å². The molecule has 1 aliphatic carbocycles. The summed E-state index contributed by atoms with van der Waals surface area (Å²) >= 11 is 0. The van der Waals surface area contributed by atoms with E-state index in [0.717, 1.165) is 38.3 Å². The molecule has 0 aliphatic heterocycles. The van der Waals surface area contributed by atoms with Crippen LogP contribution in [-0.2, 0) is 17.5 Å². The van der Waals surface area contributed by atoms with Crippen molar-refractivity contribution in [3.63, 3.8) is 0 Å². The van der Waals surface area contributed by atoms with Gasteiger partial charge in [-0.15, -0.1) is 0 Å². The Bertz CT molecular complexity index is 1550. The van der Waals surface area contributed by atoms with E-state index in [0.29, 0.717) is 30.5 Å². The van der Waals surface area contributed by atoms with Gasteiger partial charge in [-0.3, -0.25) is 0 Å². The summed E-state index contributed by atoms with van der Waals surface area (Å²) in [7, 11) is 2.02. The fourth-order valence-corrected chi connectivity index (χ4v) is 7.49. The normalized spacial score (nSPS) is 18.0. The van der Waals surface area contributed by atoms with E-state index in [1.54, 1.807) is 30.3 Å². The van der Waals surface area contributed by atoms with Crippen LogP contribution in [0.3, 0.4) is 0 Å². The van der Waals surface area contributed by atoms with Gasteiger partial charge in [0.25, 0.3) is 5.92 Å². The molecular formula is C40H44F5N. The van der Waals surface area contributed by atoms with Crippen LogP contribution in [0.4, 0.5) is 22.0 Å². The first kappa shape index (κ1) is 33.8. The minimum Gasteiger partial charge on any atom is -0.306 e. The molecule has 0 unspecified atom stereocenters. The summed E-state index contributed by atoms with van der Waals surface area (Å²) < 4.78 is 71.6. The van der Waals surface area contributed by atoms with E-state index in [1.807, 2.05) is 7.05 Å². The molecule has 0 heterocycles. The van der Waals surface area contributed by atoms with Crippen molar-refractivity contribution >= 4 is 0 Å². The lowest BCUT2D eigenvalue weighted by molar-refractivity contribution is -0.137. The fraction of sp³-hybridized carbons (Fsp3) is 0.400. The van der Waals surface area contributed by atoms with Gasteiger partial charge in [-0.1, -0.05) is 92.7 Å². The molecule has 0 spiro atoms. The van der Waals surface area contributed by atoms with Gasteiger partial charge in [0.05, 0.1) is 5.56 Å². The second kappa shape index (κ2) is 14.1. The maximum absolute atomic E-state index is 15.3. The molecule has 0 aromatic heterocycles. The van der Waals surface area contributed by atoms with Gasteiger partial charge in [0.15, 0.2) is 0 Å². The number of alkyl halides is 5. The maximum atomic E-state index is 15.3. The summed E-state index contributed by atoms with van der Waals surface area (Å²) in [6.07, 6.45) is -0.446. The van der Waals surface area contributed by atoms with Crippen LogP contribution in [0.5, 0.6) is 0 Å². The first-order valence-corrected chi connectivity index (χ1v) is 16.5. The van der Waals surface area contributed by atoms with E-state index in [1.165, 1.54) is 28.3 Å². The molecule has 1 aliphatic rings. The minimum absolute atomic E-state index is 0.0642. The molecule has 4 aromatic carbocycles. The largest absolute Gasteiger partial charge is 0.416 e. The first-order valence-electron chi connectivity index (χ1n) is 16.5. The zero-order valence-electron chi connectivity index (χ0n) is 27.0. The van der Waals surface area contributed by atoms with Gasteiger partial charge < -0.3 is 4.90 Å². The Balaban J connectivity index is 1.20. The summed E-state index contributed by atoms with van der Waals surface area (Å²) in [5.41, 5.74) is 4.62. The highest BCUT2D eigenvalue weighted by atomic mass is 19.4. The Labute approximate surface area is 270 Å². The lowest BCUT2D eigenvalue weighted by Crippen LogP contribution is -2.35. The molecule has 0 amide bonds. The SMILES string of the molecule is CCC1c2ccccc2C(CC)(CCCN(C)CCCCC(F)(F)c2cc(-c3ccccc3)cc(C(F)(F)F)c2)c2ccccc21. The summed E-state index contributed by atoms with van der Waals surface area (Å²) in [5.74, 6) is -2.97. The zero-order chi connectivity index (χ0) is 33.0. The van der Waals surface area contributed by atoms with Crippen LogP contribution >= 0.6 is 0 Å². The number of fused-ring (bicyclic) bond motifs is 2. The van der Waals surface area contributed by atoms with E-state index in [-0.39, 0.29) is 17.4 Å². The summed E-state index contributed by atoms with van der Waals surface area (Å²) in [5, 5.41) is 0. The maximum Gasteiger partial charge on any atom is 0.416 e. The van der Waals surface area contributed by atoms with Crippen molar-refractivity contribution in [2.45, 2.75) is 82.2 Å². The van der Waals surface area contributed by atoms with Crippen LogP contribution in [0.25, 0.3) is 11.1 Å². The van der Waals surface area contributed by atoms with E-state index >= 15 is 8.78 Å². The van der Waals surface area contributed by atoms with Crippen LogP contribution in [0.1, 0.15) is 98.1 Å². The molecule has 1 nitrogen and oxygen atoms in total. The second-order valence-electron chi connectivity index (χ2n) is 12.8. The minimum atomic E-state index is -4.71. The number of unbranched alkanes of at least 4 members (excludes halogenated alkanes) is 1. The molecule has 4 aromatic rings. The average molecular weight is 634 g/mol. The van der Waals surface area contributed by atoms with Crippen LogP contribution in [0.2, 0.25) is 0 Å². The predicted octanol–water partition coefficient (Wildman–Crippen LogP) is 11.6. The van der Waals surface area contributed by atoms with Crippen LogP contribution < -0.4 is 0 Å². The van der Waals surface area contributed by atoms with Gasteiger partial charge in [0.2, 0.25) is 0 Å². The Morgan fingerprint density at radius 1 is 0.652 bits per heavy atom. The van der Waals surface area contributed by atoms with Crippen molar-refractivity contribution < 1.29 is 22.0 Å². The third kappa shape index (κ3) is 7.07. The summed E-state index contributed by atoms with van der Waals surface area (Å²) in [4.78, 5) is 2.19. The number of hydrogen-bond acceptors (Lipinski definition) is 1. The quantitative estimate of drug-likeness (QED) is 0.105. The molecule has 0 N–H and O–H groups in total. The number of nitrogens with zero attached hydrogens (tertiary/aromatic N) is 1. The second-order valence-corrected chi connectivity index (χ2v) is 12.8. The van der Waals surface area contributed by atoms with Crippen molar-refractivity contribution in [3.8, 4) is 11.1 Å². The monoisotopic (exact) mass is 633 g/mol. The van der Waals surface area contributed by atoms with E-state index in [4.69, 9.17) is 0 Å². The number of rotatable bonds is 13. The van der Waals surface area contributed by atoms with E-state index in [9.17, 15) is 13.2 Å². The number of benzene rings is 4. The van der Waals surface area contributed by atoms with Gasteiger partial charge in [0.1, 0.15) is 0 Å². The molecule has 6 heteroatoms.